The number of epoxide rings is 1. The molecule has 2 fully saturated rings. The molecule has 3 amide bonds. The van der Waals surface area contributed by atoms with Crippen molar-refractivity contribution in [1.82, 2.24) is 15.5 Å². The molecule has 5 N–H and O–H groups in total. The fraction of sp³-hybridized carbons (Fsp3) is 0.660. The molecule has 0 spiro atoms. The smallest absolute Gasteiger partial charge is 0.409 e. The molecule has 3 aliphatic rings. The van der Waals surface area contributed by atoms with E-state index >= 15 is 0 Å². The monoisotopic (exact) mass is 1080 g/mol. The second-order valence-corrected chi connectivity index (χ2v) is 23.9. The van der Waals surface area contributed by atoms with Crippen molar-refractivity contribution in [3.05, 3.63) is 59.2 Å². The van der Waals surface area contributed by atoms with Crippen LogP contribution in [-0.2, 0) is 49.3 Å². The van der Waals surface area contributed by atoms with Gasteiger partial charge in [-0.2, -0.15) is 0 Å². The van der Waals surface area contributed by atoms with Gasteiger partial charge < -0.3 is 49.6 Å². The second kappa shape index (κ2) is 27.7. The number of esters is 1. The van der Waals surface area contributed by atoms with Crippen LogP contribution in [0.3, 0.4) is 0 Å². The van der Waals surface area contributed by atoms with Crippen molar-refractivity contribution in [2.45, 2.75) is 165 Å². The van der Waals surface area contributed by atoms with Crippen LogP contribution in [-0.4, -0.2) is 145 Å². The summed E-state index contributed by atoms with van der Waals surface area (Å²) in [6.45, 7) is 17.3. The maximum Gasteiger partial charge on any atom is 0.409 e. The molecule has 73 heavy (non-hydrogen) atoms. The van der Waals surface area contributed by atoms with E-state index in [4.69, 9.17) is 41.0 Å². The highest BCUT2D eigenvalue weighted by Gasteiger charge is 2.64. The number of benzene rings is 1. The number of Topliss-reactive ketones (excluding diaryl/α,β-unsaturated/α-hetero) is 2. The number of methoxy groups -OCH3 is 2. The Morgan fingerprint density at radius 1 is 1.16 bits per heavy atom. The molecule has 4 rings (SSSR count). The Kier molecular flexibility index (Phi) is 23.4. The number of nitrogens with zero attached hydrogens (tertiary/aromatic N) is 2. The van der Waals surface area contributed by atoms with Crippen LogP contribution in [0.15, 0.2) is 48.6 Å². The highest BCUT2D eigenvalue weighted by molar-refractivity contribution is 8.77. The molecule has 3 heterocycles. The zero-order valence-corrected chi connectivity index (χ0v) is 47.0. The van der Waals surface area contributed by atoms with Crippen molar-refractivity contribution in [2.24, 2.45) is 17.6 Å². The molecule has 0 aliphatic carbocycles. The number of ether oxygens (including phenoxy) is 5. The Labute approximate surface area is 445 Å². The number of hydrogen-bond acceptors (Lipinski definition) is 16. The predicted octanol–water partition coefficient (Wildman–Crippen LogP) is 7.28. The Balaban J connectivity index is 1.43. The number of ketones is 2. The highest BCUT2D eigenvalue weighted by Crippen LogP contribution is 2.49. The summed E-state index contributed by atoms with van der Waals surface area (Å²) >= 11 is 6.83. The highest BCUT2D eigenvalue weighted by atomic mass is 35.5. The number of carbonyl (C=O) groups is 6. The number of nitrogens with one attached hydrogen (secondary N) is 2. The number of aliphatic hydroxyl groups is 1. The van der Waals surface area contributed by atoms with Gasteiger partial charge in [-0.3, -0.25) is 24.5 Å². The zero-order chi connectivity index (χ0) is 54.4. The molecule has 1 unspecified atom stereocenters. The lowest BCUT2D eigenvalue weighted by molar-refractivity contribution is -0.162. The van der Waals surface area contributed by atoms with Crippen LogP contribution in [0.4, 0.5) is 10.5 Å². The van der Waals surface area contributed by atoms with E-state index in [-0.39, 0.29) is 59.0 Å². The van der Waals surface area contributed by atoms with Crippen LogP contribution in [0.25, 0.3) is 0 Å². The summed E-state index contributed by atoms with van der Waals surface area (Å²) in [7, 11) is 9.27. The largest absolute Gasteiger partial charge is 0.495 e. The molecule has 20 heteroatoms. The Morgan fingerprint density at radius 3 is 2.53 bits per heavy atom. The van der Waals surface area contributed by atoms with Gasteiger partial charge in [0.1, 0.15) is 46.5 Å². The van der Waals surface area contributed by atoms with Gasteiger partial charge in [0, 0.05) is 62.8 Å². The number of amides is 3. The molecule has 408 valence electrons. The topological polar surface area (TPSA) is 229 Å². The lowest BCUT2D eigenvalue weighted by Crippen LogP contribution is -2.63. The van der Waals surface area contributed by atoms with E-state index in [1.54, 1.807) is 86.7 Å². The van der Waals surface area contributed by atoms with Crippen molar-refractivity contribution in [2.75, 3.05) is 52.1 Å². The summed E-state index contributed by atoms with van der Waals surface area (Å²) in [5.41, 5.74) is 4.59. The van der Waals surface area contributed by atoms with Gasteiger partial charge in [0.2, 0.25) is 11.8 Å². The van der Waals surface area contributed by atoms with Crippen LogP contribution in [0.2, 0.25) is 5.02 Å². The first-order chi connectivity index (χ1) is 34.3. The number of anilines is 1. The van der Waals surface area contributed by atoms with Gasteiger partial charge in [-0.25, -0.2) is 9.59 Å². The fourth-order valence-electron chi connectivity index (χ4n) is 8.97. The van der Waals surface area contributed by atoms with Crippen molar-refractivity contribution in [1.29, 1.82) is 0 Å². The van der Waals surface area contributed by atoms with Crippen molar-refractivity contribution in [3.63, 3.8) is 0 Å². The minimum atomic E-state index is -1.86. The number of nitrogens with two attached hydrogens (primary N) is 1. The van der Waals surface area contributed by atoms with Gasteiger partial charge in [-0.1, -0.05) is 83.3 Å². The number of carbonyl (C=O) groups excluding carboxylic acids is 6. The third-order valence-electron chi connectivity index (χ3n) is 14.1. The summed E-state index contributed by atoms with van der Waals surface area (Å²) in [6.07, 6.45) is 6.17. The maximum absolute atomic E-state index is 14.4. The average Bonchev–Trinajstić information content (AvgIpc) is 4.05. The predicted molar refractivity (Wildman–Crippen MR) is 288 cm³/mol. The molecule has 0 radical (unpaired) electrons. The molecular weight excluding hydrogens is 998 g/mol. The van der Waals surface area contributed by atoms with E-state index in [0.29, 0.717) is 55.8 Å². The summed E-state index contributed by atoms with van der Waals surface area (Å²) in [5, 5.41) is 17.8. The quantitative estimate of drug-likeness (QED) is 0.0262. The number of rotatable bonds is 24. The van der Waals surface area contributed by atoms with Crippen LogP contribution >= 0.6 is 33.2 Å². The van der Waals surface area contributed by atoms with Crippen molar-refractivity contribution < 1.29 is 57.6 Å². The molecule has 0 saturated carbocycles. The third kappa shape index (κ3) is 17.0. The summed E-state index contributed by atoms with van der Waals surface area (Å²) in [6, 6.07) is 2.10. The number of fused-ring (bicyclic) bond motifs is 5. The number of alkyl carbamates (subject to hydrolysis) is 1. The van der Waals surface area contributed by atoms with E-state index < -0.39 is 71.7 Å². The van der Waals surface area contributed by atoms with Crippen LogP contribution < -0.4 is 26.0 Å². The third-order valence-corrected chi connectivity index (χ3v) is 17.9. The Bertz CT molecular complexity index is 2200. The second-order valence-electron chi connectivity index (χ2n) is 20.4. The molecule has 0 aromatic heterocycles. The standard InChI is InChI=1S/C53H80ClN5O12S2/c1-13-33(3)47(63)38(20-14-15-24-55)56-31-37(60)19-17-25-72-73-51(6,7)23-22-44(61)58(9)35(5)49(64)70-43-29-45(62)59(10)39-27-36(28-40(67-11)46(39)54)26-32(2)18-16-21-42(68-12)53(66)30-41(69-50(65)57-53)34(4)48-52(43,8)71-48/h13,16,18,21,27-28,33-35,38,41-43,48,56,66H,1,14-15,17,19-20,22-26,29-31,55H2,2-12H3,(H,57,65)/b21-16+,32-18+/t33?,34-,35+,38+,41+,42-,43+,48+,52+,53+/m1/s1. The average molecular weight is 1080 g/mol. The summed E-state index contributed by atoms with van der Waals surface area (Å²) in [5.74, 6) is -1.24. The van der Waals surface area contributed by atoms with Crippen LogP contribution in [0.1, 0.15) is 112 Å². The SMILES string of the molecule is C=CC(C)C(=O)[C@H](CCCCN)NCC(=O)CCCSSC(C)(C)CCC(=O)N(C)[C@@H](C)C(=O)O[C@H]1CC(=O)N(C)c2cc(cc(OC)c2Cl)C/C(C)=C/C=C/[C@@H](OC)[C@@]2(O)C[C@H](OC(=O)N2)[C@@H](C)[C@@H]2O[C@@]12C. The summed E-state index contributed by atoms with van der Waals surface area (Å²) < 4.78 is 29.2. The lowest BCUT2D eigenvalue weighted by atomic mass is 9.83. The molecule has 2 saturated heterocycles. The fourth-order valence-corrected chi connectivity index (χ4v) is 11.9. The van der Waals surface area contributed by atoms with E-state index in [1.807, 2.05) is 26.8 Å². The number of halogens is 1. The zero-order valence-electron chi connectivity index (χ0n) is 44.6. The molecule has 4 bridgehead atoms. The minimum absolute atomic E-state index is 0.0210. The number of likely N-dealkylation sites (N-methyl/N-ethyl adjacent to an activating group) is 1. The first-order valence-corrected chi connectivity index (χ1v) is 27.8. The van der Waals surface area contributed by atoms with Gasteiger partial charge in [0.15, 0.2) is 11.5 Å². The van der Waals surface area contributed by atoms with E-state index in [2.05, 4.69) is 17.2 Å². The normalized spacial score (nSPS) is 26.9. The first kappa shape index (κ1) is 61.6. The lowest BCUT2D eigenvalue weighted by Gasteiger charge is -2.42. The van der Waals surface area contributed by atoms with Gasteiger partial charge in [-0.15, -0.1) is 6.58 Å². The number of hydrogen-bond donors (Lipinski definition) is 4. The molecular formula is C53H80ClN5O12S2. The molecule has 17 nitrogen and oxygen atoms in total. The Morgan fingerprint density at radius 2 is 1.88 bits per heavy atom. The van der Waals surface area contributed by atoms with Crippen molar-refractivity contribution >= 4 is 74.3 Å². The van der Waals surface area contributed by atoms with Crippen molar-refractivity contribution in [3.8, 4) is 5.75 Å². The number of allylic oxidation sites excluding steroid dienone is 4. The molecule has 1 aromatic rings. The minimum Gasteiger partial charge on any atom is -0.495 e. The number of unbranched alkanes of at least 4 members (excludes halogenated alkanes) is 1. The van der Waals surface area contributed by atoms with Gasteiger partial charge >= 0.3 is 12.1 Å². The van der Waals surface area contributed by atoms with Gasteiger partial charge in [0.05, 0.1) is 37.9 Å². The summed E-state index contributed by atoms with van der Waals surface area (Å²) in [4.78, 5) is 83.5. The Hall–Kier alpha value is -3.95. The van der Waals surface area contributed by atoms with E-state index in [0.717, 1.165) is 24.0 Å². The van der Waals surface area contributed by atoms with Gasteiger partial charge in [0.25, 0.3) is 0 Å². The molecule has 1 aromatic carbocycles. The van der Waals surface area contributed by atoms with Crippen LogP contribution in [0, 0.1) is 11.8 Å². The van der Waals surface area contributed by atoms with E-state index in [9.17, 15) is 33.9 Å². The maximum atomic E-state index is 14.4. The van der Waals surface area contributed by atoms with Crippen LogP contribution in [0.5, 0.6) is 5.75 Å². The molecule has 10 atom stereocenters. The molecule has 3 aliphatic heterocycles. The van der Waals surface area contributed by atoms with Gasteiger partial charge in [-0.05, 0) is 91.0 Å². The van der Waals surface area contributed by atoms with E-state index in [1.165, 1.54) is 31.1 Å². The first-order valence-electron chi connectivity index (χ1n) is 25.1.